The van der Waals surface area contributed by atoms with Crippen LogP contribution in [0.4, 0.5) is 5.69 Å². The Morgan fingerprint density at radius 3 is 2.40 bits per heavy atom. The maximum absolute atomic E-state index is 6.01. The summed E-state index contributed by atoms with van der Waals surface area (Å²) in [6.07, 6.45) is 0.995. The molecule has 106 valence electrons. The van der Waals surface area contributed by atoms with Crippen molar-refractivity contribution in [2.24, 2.45) is 5.84 Å². The van der Waals surface area contributed by atoms with E-state index in [0.717, 1.165) is 35.6 Å². The number of nitrogens with one attached hydrogen (secondary N) is 1. The number of benzene rings is 2. The summed E-state index contributed by atoms with van der Waals surface area (Å²) in [6.45, 7) is 2.81. The van der Waals surface area contributed by atoms with Gasteiger partial charge in [0.15, 0.2) is 0 Å². The summed E-state index contributed by atoms with van der Waals surface area (Å²) in [5.41, 5.74) is 11.6. The van der Waals surface area contributed by atoms with Gasteiger partial charge >= 0.3 is 0 Å². The van der Waals surface area contributed by atoms with Crippen LogP contribution in [-0.2, 0) is 0 Å². The molecule has 0 saturated carbocycles. The van der Waals surface area contributed by atoms with Gasteiger partial charge in [-0.2, -0.15) is 0 Å². The van der Waals surface area contributed by atoms with Gasteiger partial charge in [0.05, 0.1) is 12.6 Å². The molecule has 2 rings (SSSR count). The third kappa shape index (κ3) is 3.29. The van der Waals surface area contributed by atoms with E-state index in [1.807, 2.05) is 48.5 Å². The van der Waals surface area contributed by atoms with E-state index in [0.29, 0.717) is 0 Å². The molecule has 0 heterocycles. The molecule has 0 radical (unpaired) electrons. The van der Waals surface area contributed by atoms with E-state index in [4.69, 9.17) is 16.3 Å². The molecule has 0 spiro atoms. The van der Waals surface area contributed by atoms with Crippen molar-refractivity contribution in [3.63, 3.8) is 0 Å². The van der Waals surface area contributed by atoms with Gasteiger partial charge < -0.3 is 10.5 Å². The maximum Gasteiger partial charge on any atom is 0.119 e. The lowest BCUT2D eigenvalue weighted by atomic mass is 9.98. The molecule has 0 amide bonds. The van der Waals surface area contributed by atoms with Crippen LogP contribution in [0.3, 0.4) is 0 Å². The molecule has 4 nitrogen and oxygen atoms in total. The Balaban J connectivity index is 2.22. The van der Waals surface area contributed by atoms with E-state index in [2.05, 4.69) is 12.3 Å². The van der Waals surface area contributed by atoms with Crippen molar-refractivity contribution in [1.29, 1.82) is 0 Å². The van der Waals surface area contributed by atoms with Crippen LogP contribution in [0.2, 0.25) is 0 Å². The first-order valence-corrected chi connectivity index (χ1v) is 6.79. The van der Waals surface area contributed by atoms with Crippen LogP contribution >= 0.6 is 0 Å². The van der Waals surface area contributed by atoms with Crippen molar-refractivity contribution in [3.05, 3.63) is 59.7 Å². The van der Waals surface area contributed by atoms with Gasteiger partial charge in [-0.15, -0.1) is 0 Å². The van der Waals surface area contributed by atoms with E-state index >= 15 is 0 Å². The van der Waals surface area contributed by atoms with Gasteiger partial charge in [-0.05, 0) is 35.7 Å². The second-order valence-corrected chi connectivity index (χ2v) is 4.65. The predicted octanol–water partition coefficient (Wildman–Crippen LogP) is 2.61. The lowest BCUT2D eigenvalue weighted by Gasteiger charge is -2.19. The van der Waals surface area contributed by atoms with Gasteiger partial charge in [-0.1, -0.05) is 37.3 Å². The fourth-order valence-electron chi connectivity index (χ4n) is 2.12. The molecule has 1 atom stereocenters. The fourth-order valence-corrected chi connectivity index (χ4v) is 2.12. The molecule has 2 aromatic carbocycles. The normalized spacial score (nSPS) is 12.1. The molecule has 0 aliphatic carbocycles. The summed E-state index contributed by atoms with van der Waals surface area (Å²) in [5.74, 6) is 6.56. The predicted molar refractivity (Wildman–Crippen MR) is 82.2 cm³/mol. The van der Waals surface area contributed by atoms with Crippen molar-refractivity contribution in [2.45, 2.75) is 19.4 Å². The maximum atomic E-state index is 6.01. The topological polar surface area (TPSA) is 73.3 Å². The Morgan fingerprint density at radius 2 is 1.80 bits per heavy atom. The number of ether oxygens (including phenoxy) is 1. The third-order valence-corrected chi connectivity index (χ3v) is 3.16. The van der Waals surface area contributed by atoms with E-state index in [1.165, 1.54) is 0 Å². The van der Waals surface area contributed by atoms with Gasteiger partial charge in [0.2, 0.25) is 0 Å². The van der Waals surface area contributed by atoms with Crippen molar-refractivity contribution < 1.29 is 4.74 Å². The van der Waals surface area contributed by atoms with Gasteiger partial charge in [-0.3, -0.25) is 5.84 Å². The van der Waals surface area contributed by atoms with E-state index in [-0.39, 0.29) is 6.04 Å². The average molecular weight is 271 g/mol. The fraction of sp³-hybridized carbons (Fsp3) is 0.250. The molecule has 0 aromatic heterocycles. The van der Waals surface area contributed by atoms with Crippen molar-refractivity contribution >= 4 is 5.69 Å². The van der Waals surface area contributed by atoms with Crippen LogP contribution in [0.25, 0.3) is 0 Å². The van der Waals surface area contributed by atoms with E-state index in [9.17, 15) is 0 Å². The smallest absolute Gasteiger partial charge is 0.119 e. The number of rotatable bonds is 6. The SMILES string of the molecule is CCCOc1ccc(C(NN)c2ccccc2N)cc1. The third-order valence-electron chi connectivity index (χ3n) is 3.16. The molecular weight excluding hydrogens is 250 g/mol. The number of anilines is 1. The van der Waals surface area contributed by atoms with Crippen LogP contribution in [0, 0.1) is 0 Å². The van der Waals surface area contributed by atoms with Crippen molar-refractivity contribution in [2.75, 3.05) is 12.3 Å². The number of nitrogens with two attached hydrogens (primary N) is 2. The van der Waals surface area contributed by atoms with Gasteiger partial charge in [-0.25, -0.2) is 5.43 Å². The minimum Gasteiger partial charge on any atom is -0.494 e. The molecule has 0 saturated heterocycles. The second kappa shape index (κ2) is 6.93. The van der Waals surface area contributed by atoms with Crippen molar-refractivity contribution in [1.82, 2.24) is 5.43 Å². The Kier molecular flexibility index (Phi) is 4.98. The largest absolute Gasteiger partial charge is 0.494 e. The summed E-state index contributed by atoms with van der Waals surface area (Å²) >= 11 is 0. The highest BCUT2D eigenvalue weighted by molar-refractivity contribution is 5.51. The molecule has 0 aliphatic rings. The summed E-state index contributed by atoms with van der Waals surface area (Å²) < 4.78 is 5.58. The monoisotopic (exact) mass is 271 g/mol. The van der Waals surface area contributed by atoms with E-state index < -0.39 is 0 Å². The zero-order chi connectivity index (χ0) is 14.4. The number of hydrogen-bond donors (Lipinski definition) is 3. The number of hydrazine groups is 1. The first-order valence-electron chi connectivity index (χ1n) is 6.79. The summed E-state index contributed by atoms with van der Waals surface area (Å²) in [4.78, 5) is 0. The molecule has 0 aliphatic heterocycles. The molecule has 0 bridgehead atoms. The number of nitrogen functional groups attached to an aromatic ring is 1. The Labute approximate surface area is 119 Å². The Morgan fingerprint density at radius 1 is 1.10 bits per heavy atom. The van der Waals surface area contributed by atoms with Gasteiger partial charge in [0.1, 0.15) is 5.75 Å². The lowest BCUT2D eigenvalue weighted by Crippen LogP contribution is -2.29. The summed E-state index contributed by atoms with van der Waals surface area (Å²) in [5, 5.41) is 0. The first kappa shape index (κ1) is 14.4. The standard InChI is InChI=1S/C16H21N3O/c1-2-11-20-13-9-7-12(8-10-13)16(19-18)14-5-3-4-6-15(14)17/h3-10,16,19H,2,11,17-18H2,1H3. The lowest BCUT2D eigenvalue weighted by molar-refractivity contribution is 0.317. The summed E-state index contributed by atoms with van der Waals surface area (Å²) in [6, 6.07) is 15.5. The molecule has 4 heteroatoms. The minimum atomic E-state index is -0.128. The van der Waals surface area contributed by atoms with Crippen LogP contribution < -0.4 is 21.7 Å². The minimum absolute atomic E-state index is 0.128. The van der Waals surface area contributed by atoms with Crippen LogP contribution in [0.15, 0.2) is 48.5 Å². The molecule has 20 heavy (non-hydrogen) atoms. The van der Waals surface area contributed by atoms with E-state index in [1.54, 1.807) is 0 Å². The van der Waals surface area contributed by atoms with Crippen molar-refractivity contribution in [3.8, 4) is 5.75 Å². The first-order chi connectivity index (χ1) is 9.76. The molecule has 0 fully saturated rings. The highest BCUT2D eigenvalue weighted by atomic mass is 16.5. The van der Waals surface area contributed by atoms with Crippen LogP contribution in [-0.4, -0.2) is 6.61 Å². The number of hydrogen-bond acceptors (Lipinski definition) is 4. The number of para-hydroxylation sites is 1. The second-order valence-electron chi connectivity index (χ2n) is 4.65. The molecule has 1 unspecified atom stereocenters. The highest BCUT2D eigenvalue weighted by Gasteiger charge is 2.14. The zero-order valence-electron chi connectivity index (χ0n) is 11.7. The molecule has 2 aromatic rings. The van der Waals surface area contributed by atoms with Gasteiger partial charge in [0.25, 0.3) is 0 Å². The quantitative estimate of drug-likeness (QED) is 0.429. The highest BCUT2D eigenvalue weighted by Crippen LogP contribution is 2.27. The summed E-state index contributed by atoms with van der Waals surface area (Å²) in [7, 11) is 0. The zero-order valence-corrected chi connectivity index (χ0v) is 11.7. The molecule has 5 N–H and O–H groups in total. The Bertz CT molecular complexity index is 540. The average Bonchev–Trinajstić information content (AvgIpc) is 2.49. The van der Waals surface area contributed by atoms with Crippen LogP contribution in [0.5, 0.6) is 5.75 Å². The molecular formula is C16H21N3O. The van der Waals surface area contributed by atoms with Gasteiger partial charge in [0, 0.05) is 5.69 Å². The van der Waals surface area contributed by atoms with Crippen LogP contribution in [0.1, 0.15) is 30.5 Å². The Hall–Kier alpha value is -2.04.